The molecule has 0 aliphatic carbocycles. The van der Waals surface area contributed by atoms with Crippen LogP contribution in [0.3, 0.4) is 0 Å². The molecule has 3 amide bonds. The number of benzene rings is 1. The molecule has 1 aromatic heterocycles. The van der Waals surface area contributed by atoms with Crippen molar-refractivity contribution in [1.29, 1.82) is 0 Å². The van der Waals surface area contributed by atoms with Crippen molar-refractivity contribution in [2.75, 3.05) is 26.2 Å². The highest BCUT2D eigenvalue weighted by Crippen LogP contribution is 2.39. The summed E-state index contributed by atoms with van der Waals surface area (Å²) in [4.78, 5) is 44.3. The van der Waals surface area contributed by atoms with E-state index in [1.807, 2.05) is 61.4 Å². The van der Waals surface area contributed by atoms with Gasteiger partial charge in [-0.15, -0.1) is 11.3 Å². The number of thiophene rings is 1. The van der Waals surface area contributed by atoms with Crippen molar-refractivity contribution in [1.82, 2.24) is 15.1 Å². The molecule has 2 aliphatic heterocycles. The van der Waals surface area contributed by atoms with E-state index in [9.17, 15) is 14.4 Å². The van der Waals surface area contributed by atoms with Crippen molar-refractivity contribution in [2.24, 2.45) is 5.92 Å². The third kappa shape index (κ3) is 5.03. The highest BCUT2D eigenvalue weighted by atomic mass is 32.1. The van der Waals surface area contributed by atoms with Gasteiger partial charge in [0.15, 0.2) is 0 Å². The van der Waals surface area contributed by atoms with Crippen LogP contribution in [0.1, 0.15) is 47.5 Å². The lowest BCUT2D eigenvalue weighted by atomic mass is 9.95. The van der Waals surface area contributed by atoms with Gasteiger partial charge in [0.2, 0.25) is 11.8 Å². The SMILES string of the molecule is Cc1ccccc1C(=O)N1C(C(=O)NCC(C)C)COC12CCN(C(=O)Cc1cccs1)CC2. The number of carbonyl (C=O) groups excluding carboxylic acids is 3. The van der Waals surface area contributed by atoms with Crippen molar-refractivity contribution in [3.8, 4) is 0 Å². The second kappa shape index (κ2) is 10.3. The van der Waals surface area contributed by atoms with E-state index in [2.05, 4.69) is 5.32 Å². The summed E-state index contributed by atoms with van der Waals surface area (Å²) in [5, 5.41) is 4.94. The van der Waals surface area contributed by atoms with Gasteiger partial charge >= 0.3 is 0 Å². The summed E-state index contributed by atoms with van der Waals surface area (Å²) in [7, 11) is 0. The monoisotopic (exact) mass is 483 g/mol. The van der Waals surface area contributed by atoms with E-state index in [1.54, 1.807) is 22.3 Å². The fourth-order valence-electron chi connectivity index (χ4n) is 4.71. The van der Waals surface area contributed by atoms with Gasteiger partial charge in [0.1, 0.15) is 11.8 Å². The second-order valence-electron chi connectivity index (χ2n) is 9.54. The van der Waals surface area contributed by atoms with Gasteiger partial charge in [0.25, 0.3) is 5.91 Å². The lowest BCUT2D eigenvalue weighted by molar-refractivity contribution is -0.143. The Bertz CT molecular complexity index is 1030. The van der Waals surface area contributed by atoms with Crippen molar-refractivity contribution in [3.63, 3.8) is 0 Å². The first-order chi connectivity index (χ1) is 16.3. The Morgan fingerprint density at radius 1 is 1.15 bits per heavy atom. The Kier molecular flexibility index (Phi) is 7.38. The smallest absolute Gasteiger partial charge is 0.257 e. The van der Waals surface area contributed by atoms with Gasteiger partial charge in [-0.05, 0) is 35.9 Å². The molecule has 1 unspecified atom stereocenters. The van der Waals surface area contributed by atoms with Gasteiger partial charge in [-0.25, -0.2) is 0 Å². The van der Waals surface area contributed by atoms with E-state index >= 15 is 0 Å². The fraction of sp³-hybridized carbons (Fsp3) is 0.500. The van der Waals surface area contributed by atoms with E-state index in [0.717, 1.165) is 10.4 Å². The average Bonchev–Trinajstić information content (AvgIpc) is 3.46. The second-order valence-corrected chi connectivity index (χ2v) is 10.6. The Labute approximate surface area is 205 Å². The van der Waals surface area contributed by atoms with Gasteiger partial charge in [-0.1, -0.05) is 38.1 Å². The molecule has 8 heteroatoms. The van der Waals surface area contributed by atoms with Crippen molar-refractivity contribution in [2.45, 2.75) is 51.8 Å². The maximum absolute atomic E-state index is 13.8. The topological polar surface area (TPSA) is 79.0 Å². The number of likely N-dealkylation sites (tertiary alicyclic amines) is 1. The molecule has 2 aliphatic rings. The number of piperidine rings is 1. The Morgan fingerprint density at radius 2 is 1.88 bits per heavy atom. The number of rotatable bonds is 6. The normalized spacial score (nSPS) is 19.6. The Morgan fingerprint density at radius 3 is 2.53 bits per heavy atom. The number of nitrogens with zero attached hydrogens (tertiary/aromatic N) is 2. The number of nitrogens with one attached hydrogen (secondary N) is 1. The van der Waals surface area contributed by atoms with Crippen LogP contribution < -0.4 is 5.32 Å². The van der Waals surface area contributed by atoms with Gasteiger partial charge in [-0.3, -0.25) is 19.3 Å². The number of ether oxygens (including phenoxy) is 1. The van der Waals surface area contributed by atoms with Crippen LogP contribution in [0.2, 0.25) is 0 Å². The van der Waals surface area contributed by atoms with Crippen LogP contribution in [0, 0.1) is 12.8 Å². The number of aryl methyl sites for hydroxylation is 1. The molecule has 0 radical (unpaired) electrons. The van der Waals surface area contributed by atoms with E-state index < -0.39 is 11.8 Å². The lowest BCUT2D eigenvalue weighted by Crippen LogP contribution is -2.60. The first-order valence-corrected chi connectivity index (χ1v) is 12.8. The molecule has 3 heterocycles. The van der Waals surface area contributed by atoms with Crippen LogP contribution in [-0.2, 0) is 20.7 Å². The van der Waals surface area contributed by atoms with Gasteiger partial charge in [-0.2, -0.15) is 0 Å². The first kappa shape index (κ1) is 24.4. The summed E-state index contributed by atoms with van der Waals surface area (Å²) in [5.41, 5.74) is 0.545. The molecule has 1 atom stereocenters. The molecule has 1 N–H and O–H groups in total. The van der Waals surface area contributed by atoms with E-state index in [0.29, 0.717) is 50.4 Å². The number of hydrogen-bond acceptors (Lipinski definition) is 5. The molecule has 4 rings (SSSR count). The number of carbonyl (C=O) groups is 3. The summed E-state index contributed by atoms with van der Waals surface area (Å²) in [5.74, 6) is -0.000907. The van der Waals surface area contributed by atoms with Crippen LogP contribution >= 0.6 is 11.3 Å². The molecule has 2 fully saturated rings. The Hall–Kier alpha value is -2.71. The summed E-state index contributed by atoms with van der Waals surface area (Å²) in [6.45, 7) is 7.64. The maximum Gasteiger partial charge on any atom is 0.257 e. The van der Waals surface area contributed by atoms with Crippen LogP contribution in [0.5, 0.6) is 0 Å². The molecule has 2 aromatic rings. The number of hydrogen-bond donors (Lipinski definition) is 1. The third-order valence-corrected chi connectivity index (χ3v) is 7.52. The molecular formula is C26H33N3O4S. The fourth-order valence-corrected chi connectivity index (χ4v) is 5.41. The molecule has 2 saturated heterocycles. The van der Waals surface area contributed by atoms with Crippen LogP contribution in [-0.4, -0.2) is 65.5 Å². The lowest BCUT2D eigenvalue weighted by Gasteiger charge is -2.44. The Balaban J connectivity index is 1.54. The predicted molar refractivity (Wildman–Crippen MR) is 132 cm³/mol. The van der Waals surface area contributed by atoms with Crippen LogP contribution in [0.4, 0.5) is 0 Å². The number of amides is 3. The van der Waals surface area contributed by atoms with E-state index in [-0.39, 0.29) is 24.3 Å². The minimum atomic E-state index is -0.890. The zero-order valence-corrected chi connectivity index (χ0v) is 20.9. The van der Waals surface area contributed by atoms with Crippen molar-refractivity contribution >= 4 is 29.1 Å². The summed E-state index contributed by atoms with van der Waals surface area (Å²) in [6.07, 6.45) is 1.35. The van der Waals surface area contributed by atoms with E-state index in [1.165, 1.54) is 0 Å². The van der Waals surface area contributed by atoms with Gasteiger partial charge < -0.3 is 15.0 Å². The molecule has 0 saturated carbocycles. The summed E-state index contributed by atoms with van der Waals surface area (Å²) < 4.78 is 6.26. The summed E-state index contributed by atoms with van der Waals surface area (Å²) in [6, 6.07) is 10.7. The largest absolute Gasteiger partial charge is 0.354 e. The molecule has 1 aromatic carbocycles. The molecule has 34 heavy (non-hydrogen) atoms. The summed E-state index contributed by atoms with van der Waals surface area (Å²) >= 11 is 1.58. The van der Waals surface area contributed by atoms with E-state index in [4.69, 9.17) is 4.74 Å². The standard InChI is InChI=1S/C26H33N3O4S/c1-18(2)16-27-24(31)22-17-33-26(29(22)25(32)21-9-5-4-7-19(21)3)10-12-28(13-11-26)23(30)15-20-8-6-14-34-20/h4-9,14,18,22H,10-13,15-17H2,1-3H3,(H,27,31). The van der Waals surface area contributed by atoms with Crippen LogP contribution in [0.15, 0.2) is 41.8 Å². The van der Waals surface area contributed by atoms with Gasteiger partial charge in [0, 0.05) is 42.9 Å². The zero-order valence-electron chi connectivity index (χ0n) is 20.1. The maximum atomic E-state index is 13.8. The quantitative estimate of drug-likeness (QED) is 0.684. The molecule has 7 nitrogen and oxygen atoms in total. The molecule has 182 valence electrons. The van der Waals surface area contributed by atoms with Gasteiger partial charge in [0.05, 0.1) is 13.0 Å². The highest BCUT2D eigenvalue weighted by Gasteiger charge is 2.54. The predicted octanol–water partition coefficient (Wildman–Crippen LogP) is 3.23. The molecule has 0 bridgehead atoms. The highest BCUT2D eigenvalue weighted by molar-refractivity contribution is 7.10. The minimum Gasteiger partial charge on any atom is -0.354 e. The van der Waals surface area contributed by atoms with Crippen molar-refractivity contribution in [3.05, 3.63) is 57.8 Å². The van der Waals surface area contributed by atoms with Crippen molar-refractivity contribution < 1.29 is 19.1 Å². The molecule has 1 spiro atoms. The minimum absolute atomic E-state index is 0.0818. The average molecular weight is 484 g/mol. The van der Waals surface area contributed by atoms with Crippen LogP contribution in [0.25, 0.3) is 0 Å². The third-order valence-electron chi connectivity index (χ3n) is 6.65. The first-order valence-electron chi connectivity index (χ1n) is 11.9. The zero-order chi connectivity index (χ0) is 24.3. The molecular weight excluding hydrogens is 450 g/mol.